The number of aromatic nitrogens is 3. The van der Waals surface area contributed by atoms with Crippen LogP contribution in [0.25, 0.3) is 22.5 Å². The van der Waals surface area contributed by atoms with Crippen molar-refractivity contribution in [1.82, 2.24) is 15.0 Å². The Hall–Kier alpha value is -3.09. The molecule has 3 rings (SSSR count). The summed E-state index contributed by atoms with van der Waals surface area (Å²) in [5.74, 6) is -1.08. The number of carbonyl (C=O) groups is 1. The summed E-state index contributed by atoms with van der Waals surface area (Å²) in [5.41, 5.74) is -0.00156. The number of carboxylic acid groups (broad SMARTS) is 1. The van der Waals surface area contributed by atoms with Crippen molar-refractivity contribution in [2.24, 2.45) is 0 Å². The summed E-state index contributed by atoms with van der Waals surface area (Å²) in [6, 6.07) is 4.06. The molecule has 98 valence electrons. The Morgan fingerprint density at radius 3 is 2.80 bits per heavy atom. The maximum atomic E-state index is 11.9. The lowest BCUT2D eigenvalue weighted by Gasteiger charge is -2.01. The maximum absolute atomic E-state index is 11.9. The molecule has 0 unspecified atom stereocenters. The SMILES string of the molecule is O=C(O)c1ccc2nc(-c3cnccn3)oc(=O)c2c1. The van der Waals surface area contributed by atoms with Crippen molar-refractivity contribution in [2.45, 2.75) is 0 Å². The molecule has 20 heavy (non-hydrogen) atoms. The van der Waals surface area contributed by atoms with E-state index in [1.165, 1.54) is 36.8 Å². The summed E-state index contributed by atoms with van der Waals surface area (Å²) in [4.78, 5) is 34.8. The Bertz CT molecular complexity index is 858. The van der Waals surface area contributed by atoms with E-state index >= 15 is 0 Å². The van der Waals surface area contributed by atoms with E-state index in [1.54, 1.807) is 0 Å². The number of rotatable bonds is 2. The van der Waals surface area contributed by atoms with Crippen LogP contribution < -0.4 is 5.63 Å². The van der Waals surface area contributed by atoms with Gasteiger partial charge in [-0.1, -0.05) is 0 Å². The van der Waals surface area contributed by atoms with E-state index in [2.05, 4.69) is 15.0 Å². The van der Waals surface area contributed by atoms with Crippen LogP contribution in [0, 0.1) is 0 Å². The zero-order valence-corrected chi connectivity index (χ0v) is 9.98. The highest BCUT2D eigenvalue weighted by molar-refractivity contribution is 5.93. The molecule has 0 bridgehead atoms. The molecule has 3 aromatic rings. The highest BCUT2D eigenvalue weighted by Crippen LogP contribution is 2.16. The number of fused-ring (bicyclic) bond motifs is 1. The molecular weight excluding hydrogens is 262 g/mol. The van der Waals surface area contributed by atoms with E-state index in [1.807, 2.05) is 0 Å². The van der Waals surface area contributed by atoms with Gasteiger partial charge in [-0.2, -0.15) is 0 Å². The lowest BCUT2D eigenvalue weighted by atomic mass is 10.1. The minimum Gasteiger partial charge on any atom is -0.478 e. The fourth-order valence-electron chi connectivity index (χ4n) is 1.72. The Morgan fingerprint density at radius 1 is 1.25 bits per heavy atom. The molecule has 0 aliphatic heterocycles. The molecule has 0 amide bonds. The van der Waals surface area contributed by atoms with Crippen LogP contribution in [0.4, 0.5) is 0 Å². The predicted molar refractivity (Wildman–Crippen MR) is 68.3 cm³/mol. The first kappa shape index (κ1) is 12.0. The van der Waals surface area contributed by atoms with E-state index in [0.29, 0.717) is 11.2 Å². The van der Waals surface area contributed by atoms with Crippen molar-refractivity contribution in [3.8, 4) is 11.6 Å². The first-order valence-corrected chi connectivity index (χ1v) is 5.60. The molecule has 0 radical (unpaired) electrons. The number of aromatic carboxylic acids is 1. The van der Waals surface area contributed by atoms with Crippen LogP contribution in [-0.2, 0) is 0 Å². The second-order valence-corrected chi connectivity index (χ2v) is 3.93. The lowest BCUT2D eigenvalue weighted by molar-refractivity contribution is 0.0697. The molecule has 7 heteroatoms. The molecular formula is C13H7N3O4. The van der Waals surface area contributed by atoms with Gasteiger partial charge in [0.05, 0.1) is 22.7 Å². The van der Waals surface area contributed by atoms with Crippen molar-refractivity contribution in [3.63, 3.8) is 0 Å². The Balaban J connectivity index is 2.24. The molecule has 7 nitrogen and oxygen atoms in total. The number of benzene rings is 1. The first-order chi connectivity index (χ1) is 9.65. The van der Waals surface area contributed by atoms with Crippen LogP contribution in [0.3, 0.4) is 0 Å². The van der Waals surface area contributed by atoms with Crippen molar-refractivity contribution in [3.05, 3.63) is 52.8 Å². The average molecular weight is 269 g/mol. The minimum absolute atomic E-state index is 0.00106. The number of hydrogen-bond acceptors (Lipinski definition) is 6. The normalized spacial score (nSPS) is 10.6. The van der Waals surface area contributed by atoms with Crippen molar-refractivity contribution < 1.29 is 14.3 Å². The third kappa shape index (κ3) is 2.01. The molecule has 2 aromatic heterocycles. The Labute approximate surface area is 111 Å². The van der Waals surface area contributed by atoms with Gasteiger partial charge in [-0.05, 0) is 18.2 Å². The molecule has 0 saturated heterocycles. The summed E-state index contributed by atoms with van der Waals surface area (Å²) < 4.78 is 5.05. The zero-order valence-electron chi connectivity index (χ0n) is 9.98. The van der Waals surface area contributed by atoms with Crippen LogP contribution in [0.15, 0.2) is 46.0 Å². The van der Waals surface area contributed by atoms with Crippen LogP contribution in [0.1, 0.15) is 10.4 Å². The average Bonchev–Trinajstić information content (AvgIpc) is 2.47. The molecule has 2 heterocycles. The zero-order chi connectivity index (χ0) is 14.1. The van der Waals surface area contributed by atoms with Gasteiger partial charge in [-0.25, -0.2) is 19.6 Å². The smallest absolute Gasteiger partial charge is 0.347 e. The predicted octanol–water partition coefficient (Wildman–Crippen LogP) is 1.34. The third-order valence-corrected chi connectivity index (χ3v) is 2.66. The molecule has 0 aliphatic carbocycles. The van der Waals surface area contributed by atoms with E-state index in [4.69, 9.17) is 9.52 Å². The maximum Gasteiger partial charge on any atom is 0.347 e. The number of nitrogens with zero attached hydrogens (tertiary/aromatic N) is 3. The van der Waals surface area contributed by atoms with Crippen molar-refractivity contribution >= 4 is 16.9 Å². The number of carboxylic acids is 1. The minimum atomic E-state index is -1.12. The van der Waals surface area contributed by atoms with E-state index < -0.39 is 11.6 Å². The highest BCUT2D eigenvalue weighted by Gasteiger charge is 2.12. The van der Waals surface area contributed by atoms with E-state index in [9.17, 15) is 9.59 Å². The van der Waals surface area contributed by atoms with Crippen LogP contribution in [0.5, 0.6) is 0 Å². The van der Waals surface area contributed by atoms with Gasteiger partial charge in [-0.3, -0.25) is 4.98 Å². The molecule has 1 aromatic carbocycles. The fraction of sp³-hybridized carbons (Fsp3) is 0. The van der Waals surface area contributed by atoms with Crippen molar-refractivity contribution in [1.29, 1.82) is 0 Å². The summed E-state index contributed by atoms with van der Waals surface area (Å²) in [5, 5.41) is 9.01. The third-order valence-electron chi connectivity index (χ3n) is 2.66. The lowest BCUT2D eigenvalue weighted by Crippen LogP contribution is -2.05. The second-order valence-electron chi connectivity index (χ2n) is 3.93. The van der Waals surface area contributed by atoms with Crippen LogP contribution >= 0.6 is 0 Å². The second kappa shape index (κ2) is 4.54. The monoisotopic (exact) mass is 269 g/mol. The standard InChI is InChI=1S/C13H7N3O4/c17-12(18)7-1-2-9-8(5-7)13(19)20-11(16-9)10-6-14-3-4-15-10/h1-6H,(H,17,18). The molecule has 1 N–H and O–H groups in total. The molecule has 0 saturated carbocycles. The van der Waals surface area contributed by atoms with Gasteiger partial charge in [0.1, 0.15) is 5.69 Å². The van der Waals surface area contributed by atoms with Gasteiger partial charge in [0.2, 0.25) is 0 Å². The molecule has 0 spiro atoms. The van der Waals surface area contributed by atoms with Crippen molar-refractivity contribution in [2.75, 3.05) is 0 Å². The topological polar surface area (TPSA) is 106 Å². The molecule has 0 atom stereocenters. The number of hydrogen-bond donors (Lipinski definition) is 1. The van der Waals surface area contributed by atoms with Gasteiger partial charge in [0.15, 0.2) is 0 Å². The quantitative estimate of drug-likeness (QED) is 0.748. The fourth-order valence-corrected chi connectivity index (χ4v) is 1.72. The summed E-state index contributed by atoms with van der Waals surface area (Å²) in [6.07, 6.45) is 4.36. The van der Waals surface area contributed by atoms with Gasteiger partial charge >= 0.3 is 11.6 Å². The van der Waals surface area contributed by atoms with Gasteiger partial charge in [0, 0.05) is 12.4 Å². The first-order valence-electron chi connectivity index (χ1n) is 5.60. The molecule has 0 aliphatic rings. The van der Waals surface area contributed by atoms with E-state index in [0.717, 1.165) is 0 Å². The Morgan fingerprint density at radius 2 is 2.10 bits per heavy atom. The summed E-state index contributed by atoms with van der Waals surface area (Å²) >= 11 is 0. The van der Waals surface area contributed by atoms with Gasteiger partial charge in [0.25, 0.3) is 5.89 Å². The highest BCUT2D eigenvalue weighted by atomic mass is 16.4. The van der Waals surface area contributed by atoms with Crippen LogP contribution in [-0.4, -0.2) is 26.0 Å². The van der Waals surface area contributed by atoms with Gasteiger partial charge < -0.3 is 9.52 Å². The van der Waals surface area contributed by atoms with Crippen LogP contribution in [0.2, 0.25) is 0 Å². The largest absolute Gasteiger partial charge is 0.478 e. The van der Waals surface area contributed by atoms with Gasteiger partial charge in [-0.15, -0.1) is 0 Å². The molecule has 0 fully saturated rings. The summed E-state index contributed by atoms with van der Waals surface area (Å²) in [6.45, 7) is 0. The summed E-state index contributed by atoms with van der Waals surface area (Å²) in [7, 11) is 0. The Kier molecular flexibility index (Phi) is 2.72. The van der Waals surface area contributed by atoms with E-state index in [-0.39, 0.29) is 16.8 Å².